The number of rotatable bonds is 6. The molecule has 1 aliphatic rings. The van der Waals surface area contributed by atoms with Gasteiger partial charge in [-0.05, 0) is 30.7 Å². The number of anilines is 1. The molecule has 132 valence electrons. The maximum atomic E-state index is 12.9. The molecule has 1 aliphatic heterocycles. The summed E-state index contributed by atoms with van der Waals surface area (Å²) in [6.07, 6.45) is 3.42. The Morgan fingerprint density at radius 1 is 1.32 bits per heavy atom. The molecule has 3 rings (SSSR count). The molecule has 6 nitrogen and oxygen atoms in total. The summed E-state index contributed by atoms with van der Waals surface area (Å²) in [6, 6.07) is 5.77. The van der Waals surface area contributed by atoms with Crippen LogP contribution in [0.3, 0.4) is 0 Å². The molecule has 25 heavy (non-hydrogen) atoms. The Labute approximate surface area is 150 Å². The van der Waals surface area contributed by atoms with E-state index in [0.717, 1.165) is 12.1 Å². The second-order valence-electron chi connectivity index (χ2n) is 5.52. The van der Waals surface area contributed by atoms with E-state index in [4.69, 9.17) is 21.2 Å². The van der Waals surface area contributed by atoms with Crippen molar-refractivity contribution in [1.82, 2.24) is 9.97 Å². The van der Waals surface area contributed by atoms with Gasteiger partial charge in [-0.2, -0.15) is 0 Å². The summed E-state index contributed by atoms with van der Waals surface area (Å²) >= 11 is 6.24. The monoisotopic (exact) mass is 364 g/mol. The number of nitrogens with zero attached hydrogens (tertiary/aromatic N) is 3. The smallest absolute Gasteiger partial charge is 0.235 e. The van der Waals surface area contributed by atoms with Crippen molar-refractivity contribution in [3.8, 4) is 5.75 Å². The van der Waals surface area contributed by atoms with E-state index >= 15 is 0 Å². The zero-order valence-corrected chi connectivity index (χ0v) is 14.5. The Kier molecular flexibility index (Phi) is 5.65. The molecule has 2 aromatic rings. The zero-order chi connectivity index (χ0) is 17.6. The maximum absolute atomic E-state index is 12.9. The summed E-state index contributed by atoms with van der Waals surface area (Å²) in [6.45, 7) is 2.62. The van der Waals surface area contributed by atoms with Crippen LogP contribution in [0.1, 0.15) is 25.5 Å². The zero-order valence-electron chi connectivity index (χ0n) is 13.7. The van der Waals surface area contributed by atoms with Crippen LogP contribution in [0, 0.1) is 5.82 Å². The van der Waals surface area contributed by atoms with Crippen molar-refractivity contribution in [1.29, 1.82) is 0 Å². The van der Waals surface area contributed by atoms with Crippen molar-refractivity contribution >= 4 is 23.3 Å². The van der Waals surface area contributed by atoms with Crippen LogP contribution in [-0.2, 0) is 11.3 Å². The third kappa shape index (κ3) is 4.57. The van der Waals surface area contributed by atoms with Gasteiger partial charge in [0.1, 0.15) is 34.8 Å². The highest BCUT2D eigenvalue weighted by Gasteiger charge is 2.22. The number of halogens is 2. The van der Waals surface area contributed by atoms with Gasteiger partial charge in [0.15, 0.2) is 0 Å². The number of aromatic nitrogens is 2. The van der Waals surface area contributed by atoms with Gasteiger partial charge in [-0.15, -0.1) is 0 Å². The highest BCUT2D eigenvalue weighted by Crippen LogP contribution is 2.23. The van der Waals surface area contributed by atoms with Crippen LogP contribution >= 0.6 is 11.6 Å². The molecular weight excluding hydrogens is 347 g/mol. The molecule has 1 aromatic heterocycles. The minimum atomic E-state index is -0.310. The van der Waals surface area contributed by atoms with Gasteiger partial charge in [0.05, 0.1) is 12.1 Å². The van der Waals surface area contributed by atoms with Gasteiger partial charge >= 0.3 is 0 Å². The molecule has 1 unspecified atom stereocenters. The summed E-state index contributed by atoms with van der Waals surface area (Å²) < 4.78 is 18.5. The minimum absolute atomic E-state index is 0.0887. The van der Waals surface area contributed by atoms with Crippen molar-refractivity contribution in [2.45, 2.75) is 32.3 Å². The average Bonchev–Trinajstić information content (AvgIpc) is 3.06. The normalized spacial score (nSPS) is 16.3. The molecule has 0 saturated carbocycles. The first kappa shape index (κ1) is 17.4. The van der Waals surface area contributed by atoms with Crippen LogP contribution in [0.15, 0.2) is 35.7 Å². The third-order valence-electron chi connectivity index (χ3n) is 3.71. The molecule has 0 amide bonds. The quantitative estimate of drug-likeness (QED) is 0.844. The van der Waals surface area contributed by atoms with Crippen LogP contribution in [0.5, 0.6) is 5.75 Å². The SMILES string of the molecule is CCc1ncnc(NCCC2CC(Oc3ccc(F)cc3)=NO2)c1Cl. The average molecular weight is 365 g/mol. The van der Waals surface area contributed by atoms with E-state index in [9.17, 15) is 4.39 Å². The highest BCUT2D eigenvalue weighted by atomic mass is 35.5. The molecule has 8 heteroatoms. The first-order chi connectivity index (χ1) is 12.2. The van der Waals surface area contributed by atoms with Crippen LogP contribution in [0.2, 0.25) is 5.02 Å². The predicted molar refractivity (Wildman–Crippen MR) is 93.5 cm³/mol. The van der Waals surface area contributed by atoms with E-state index in [1.54, 1.807) is 12.1 Å². The van der Waals surface area contributed by atoms with Crippen LogP contribution in [0.4, 0.5) is 10.2 Å². The third-order valence-corrected chi connectivity index (χ3v) is 4.11. The standard InChI is InChI=1S/C17H18ClFN4O2/c1-2-14-16(18)17(22-10-21-14)20-8-7-13-9-15(23-25-13)24-12-5-3-11(19)4-6-12/h3-6,10,13H,2,7-9H2,1H3,(H,20,21,22). The molecule has 0 fully saturated rings. The number of benzene rings is 1. The molecule has 0 aliphatic carbocycles. The van der Waals surface area contributed by atoms with Gasteiger partial charge in [-0.1, -0.05) is 23.7 Å². The minimum Gasteiger partial charge on any atom is -0.440 e. The van der Waals surface area contributed by atoms with Crippen LogP contribution in [-0.4, -0.2) is 28.5 Å². The number of hydrogen-bond acceptors (Lipinski definition) is 6. The summed E-state index contributed by atoms with van der Waals surface area (Å²) in [4.78, 5) is 13.6. The fourth-order valence-corrected chi connectivity index (χ4v) is 2.68. The summed E-state index contributed by atoms with van der Waals surface area (Å²) in [5.74, 6) is 1.32. The van der Waals surface area contributed by atoms with E-state index in [1.807, 2.05) is 6.92 Å². The second kappa shape index (κ2) is 8.11. The largest absolute Gasteiger partial charge is 0.440 e. The van der Waals surface area contributed by atoms with Gasteiger partial charge < -0.3 is 14.9 Å². The van der Waals surface area contributed by atoms with Crippen molar-refractivity contribution in [2.75, 3.05) is 11.9 Å². The molecule has 2 heterocycles. The fourth-order valence-electron chi connectivity index (χ4n) is 2.38. The Bertz CT molecular complexity index is 755. The second-order valence-corrected chi connectivity index (χ2v) is 5.90. The van der Waals surface area contributed by atoms with Gasteiger partial charge in [-0.3, -0.25) is 0 Å². The van der Waals surface area contributed by atoms with Crippen molar-refractivity contribution in [3.05, 3.63) is 47.1 Å². The molecule has 0 spiro atoms. The van der Waals surface area contributed by atoms with Crippen LogP contribution in [0.25, 0.3) is 0 Å². The Balaban J connectivity index is 1.44. The number of aryl methyl sites for hydroxylation is 1. The summed E-state index contributed by atoms with van der Waals surface area (Å²) in [7, 11) is 0. The molecule has 1 atom stereocenters. The molecule has 1 aromatic carbocycles. The van der Waals surface area contributed by atoms with E-state index in [1.165, 1.54) is 18.5 Å². The highest BCUT2D eigenvalue weighted by molar-refractivity contribution is 6.33. The fraction of sp³-hybridized carbons (Fsp3) is 0.353. The number of hydrogen-bond donors (Lipinski definition) is 1. The lowest BCUT2D eigenvalue weighted by molar-refractivity contribution is 0.0815. The first-order valence-corrected chi connectivity index (χ1v) is 8.43. The number of nitrogens with one attached hydrogen (secondary N) is 1. The first-order valence-electron chi connectivity index (χ1n) is 8.05. The Hall–Kier alpha value is -2.41. The van der Waals surface area contributed by atoms with Crippen LogP contribution < -0.4 is 10.1 Å². The predicted octanol–water partition coefficient (Wildman–Crippen LogP) is 3.81. The lowest BCUT2D eigenvalue weighted by Gasteiger charge is -2.11. The number of ether oxygens (including phenoxy) is 1. The maximum Gasteiger partial charge on any atom is 0.235 e. The van der Waals surface area contributed by atoms with Crippen molar-refractivity contribution < 1.29 is 14.0 Å². The van der Waals surface area contributed by atoms with Gasteiger partial charge in [-0.25, -0.2) is 14.4 Å². The van der Waals surface area contributed by atoms with Gasteiger partial charge in [0.25, 0.3) is 0 Å². The van der Waals surface area contributed by atoms with Gasteiger partial charge in [0, 0.05) is 13.0 Å². The Morgan fingerprint density at radius 2 is 2.12 bits per heavy atom. The Morgan fingerprint density at radius 3 is 2.88 bits per heavy atom. The summed E-state index contributed by atoms with van der Waals surface area (Å²) in [5.41, 5.74) is 0.814. The summed E-state index contributed by atoms with van der Waals surface area (Å²) in [5, 5.41) is 7.67. The van der Waals surface area contributed by atoms with Crippen molar-refractivity contribution in [2.24, 2.45) is 5.16 Å². The molecule has 1 N–H and O–H groups in total. The lowest BCUT2D eigenvalue weighted by atomic mass is 10.2. The molecule has 0 saturated heterocycles. The molecular formula is C17H18ClFN4O2. The number of oxime groups is 1. The van der Waals surface area contributed by atoms with Crippen molar-refractivity contribution in [3.63, 3.8) is 0 Å². The van der Waals surface area contributed by atoms with E-state index < -0.39 is 0 Å². The lowest BCUT2D eigenvalue weighted by Crippen LogP contribution is -2.16. The molecule has 0 bridgehead atoms. The van der Waals surface area contributed by atoms with E-state index in [0.29, 0.717) is 41.9 Å². The topological polar surface area (TPSA) is 68.6 Å². The van der Waals surface area contributed by atoms with Gasteiger partial charge in [0.2, 0.25) is 5.90 Å². The van der Waals surface area contributed by atoms with E-state index in [-0.39, 0.29) is 11.9 Å². The van der Waals surface area contributed by atoms with E-state index in [2.05, 4.69) is 20.4 Å². The molecule has 0 radical (unpaired) electrons.